The van der Waals surface area contributed by atoms with Gasteiger partial charge in [-0.15, -0.1) is 0 Å². The molecule has 1 aliphatic rings. The molecule has 0 N–H and O–H groups in total. The lowest BCUT2D eigenvalue weighted by Crippen LogP contribution is -2.30. The molecule has 0 aliphatic heterocycles. The van der Waals surface area contributed by atoms with Crippen LogP contribution in [0.2, 0.25) is 0 Å². The molecule has 1 saturated carbocycles. The Hall–Kier alpha value is -2.10. The van der Waals surface area contributed by atoms with Crippen LogP contribution in [0.4, 0.5) is 0 Å². The van der Waals surface area contributed by atoms with E-state index < -0.39 is 6.04 Å². The van der Waals surface area contributed by atoms with Gasteiger partial charge < -0.3 is 4.74 Å². The summed E-state index contributed by atoms with van der Waals surface area (Å²) in [6, 6.07) is 11.0. The van der Waals surface area contributed by atoms with Crippen molar-refractivity contribution >= 4 is 10.8 Å². The van der Waals surface area contributed by atoms with Gasteiger partial charge >= 0.3 is 0 Å². The van der Waals surface area contributed by atoms with Crippen LogP contribution in [0.5, 0.6) is 5.75 Å². The van der Waals surface area contributed by atoms with Crippen LogP contribution in [0.1, 0.15) is 65.0 Å². The molecule has 3 rings (SSSR count). The third-order valence-corrected chi connectivity index (χ3v) is 5.84. The highest BCUT2D eigenvalue weighted by Gasteiger charge is 2.30. The Labute approximate surface area is 155 Å². The van der Waals surface area contributed by atoms with Gasteiger partial charge in [-0.2, -0.15) is 0 Å². The van der Waals surface area contributed by atoms with E-state index in [0.29, 0.717) is 11.5 Å². The summed E-state index contributed by atoms with van der Waals surface area (Å²) in [6.07, 6.45) is 4.96. The SMILES string of the molecule is CC(c1ccc2cc(O[C@H]3CC[C@H](C(C)(C)C)CC3)ccc2c1)[N+](=O)[O-]. The molecule has 0 bridgehead atoms. The molecule has 1 unspecified atom stereocenters. The number of hydrogen-bond donors (Lipinski definition) is 0. The van der Waals surface area contributed by atoms with Gasteiger partial charge in [0.25, 0.3) is 0 Å². The van der Waals surface area contributed by atoms with E-state index in [4.69, 9.17) is 4.74 Å². The van der Waals surface area contributed by atoms with Crippen LogP contribution in [-0.4, -0.2) is 11.0 Å². The monoisotopic (exact) mass is 355 g/mol. The standard InChI is InChI=1S/C22H29NO3/c1-15(23(24)25)16-5-6-18-14-21(10-7-17(18)13-16)26-20-11-8-19(9-12-20)22(2,3)4/h5-7,10,13-15,19-20H,8-9,11-12H2,1-4H3/t15?,19-,20-. The Morgan fingerprint density at radius 2 is 1.65 bits per heavy atom. The van der Waals surface area contributed by atoms with Crippen molar-refractivity contribution in [3.8, 4) is 5.75 Å². The van der Waals surface area contributed by atoms with Gasteiger partial charge in [0.2, 0.25) is 6.04 Å². The van der Waals surface area contributed by atoms with Gasteiger partial charge in [0.1, 0.15) is 5.75 Å². The van der Waals surface area contributed by atoms with Gasteiger partial charge in [0.05, 0.1) is 6.10 Å². The maximum atomic E-state index is 11.0. The molecule has 2 aromatic rings. The highest BCUT2D eigenvalue weighted by Crippen LogP contribution is 2.39. The molecule has 4 nitrogen and oxygen atoms in total. The zero-order valence-corrected chi connectivity index (χ0v) is 16.2. The summed E-state index contributed by atoms with van der Waals surface area (Å²) in [7, 11) is 0. The number of ether oxygens (including phenoxy) is 1. The first-order valence-electron chi connectivity index (χ1n) is 9.58. The molecule has 1 atom stereocenters. The fourth-order valence-electron chi connectivity index (χ4n) is 3.94. The second-order valence-electron chi connectivity index (χ2n) is 8.69. The van der Waals surface area contributed by atoms with Crippen molar-refractivity contribution in [2.45, 2.75) is 65.5 Å². The predicted octanol–water partition coefficient (Wildman–Crippen LogP) is 6.16. The van der Waals surface area contributed by atoms with Gasteiger partial charge in [-0.1, -0.05) is 39.0 Å². The molecule has 2 aromatic carbocycles. The predicted molar refractivity (Wildman–Crippen MR) is 105 cm³/mol. The van der Waals surface area contributed by atoms with Gasteiger partial charge in [0, 0.05) is 17.4 Å². The summed E-state index contributed by atoms with van der Waals surface area (Å²) in [5, 5.41) is 13.1. The number of benzene rings is 2. The second kappa shape index (κ2) is 7.26. The van der Waals surface area contributed by atoms with Gasteiger partial charge in [0.15, 0.2) is 0 Å². The number of fused-ring (bicyclic) bond motifs is 1. The smallest absolute Gasteiger partial charge is 0.235 e. The Kier molecular flexibility index (Phi) is 5.22. The summed E-state index contributed by atoms with van der Waals surface area (Å²) in [6.45, 7) is 8.61. The molecule has 4 heteroatoms. The molecule has 140 valence electrons. The van der Waals surface area contributed by atoms with Crippen molar-refractivity contribution in [2.24, 2.45) is 11.3 Å². The summed E-state index contributed by atoms with van der Waals surface area (Å²) in [5.41, 5.74) is 1.11. The Balaban J connectivity index is 1.68. The van der Waals surface area contributed by atoms with Crippen LogP contribution >= 0.6 is 0 Å². The molecule has 0 radical (unpaired) electrons. The number of hydrogen-bond acceptors (Lipinski definition) is 3. The third-order valence-electron chi connectivity index (χ3n) is 5.84. The Morgan fingerprint density at radius 3 is 2.27 bits per heavy atom. The normalized spacial score (nSPS) is 22.2. The van der Waals surface area contributed by atoms with E-state index in [0.717, 1.165) is 40.8 Å². The Morgan fingerprint density at radius 1 is 1.04 bits per heavy atom. The van der Waals surface area contributed by atoms with Crippen LogP contribution in [0.25, 0.3) is 10.8 Å². The summed E-state index contributed by atoms with van der Waals surface area (Å²) in [5.74, 6) is 1.67. The quantitative estimate of drug-likeness (QED) is 0.487. The topological polar surface area (TPSA) is 52.4 Å². The number of nitrogens with zero attached hydrogens (tertiary/aromatic N) is 1. The molecule has 0 saturated heterocycles. The molecule has 0 aromatic heterocycles. The number of rotatable bonds is 4. The third kappa shape index (κ3) is 4.17. The van der Waals surface area contributed by atoms with Crippen molar-refractivity contribution in [1.29, 1.82) is 0 Å². The van der Waals surface area contributed by atoms with E-state index >= 15 is 0 Å². The maximum absolute atomic E-state index is 11.0. The molecule has 1 aliphatic carbocycles. The molecule has 0 amide bonds. The lowest BCUT2D eigenvalue weighted by Gasteiger charge is -2.37. The lowest BCUT2D eigenvalue weighted by atomic mass is 9.72. The maximum Gasteiger partial charge on any atom is 0.235 e. The highest BCUT2D eigenvalue weighted by atomic mass is 16.6. The zero-order valence-electron chi connectivity index (χ0n) is 16.2. The lowest BCUT2D eigenvalue weighted by molar-refractivity contribution is -0.524. The van der Waals surface area contributed by atoms with Crippen LogP contribution in [0.3, 0.4) is 0 Å². The van der Waals surface area contributed by atoms with Gasteiger partial charge in [-0.05, 0) is 66.0 Å². The summed E-state index contributed by atoms with van der Waals surface area (Å²) < 4.78 is 6.23. The van der Waals surface area contributed by atoms with E-state index in [1.54, 1.807) is 6.92 Å². The van der Waals surface area contributed by atoms with Crippen molar-refractivity contribution in [3.63, 3.8) is 0 Å². The van der Waals surface area contributed by atoms with Crippen molar-refractivity contribution in [1.82, 2.24) is 0 Å². The van der Waals surface area contributed by atoms with Crippen molar-refractivity contribution in [3.05, 3.63) is 52.1 Å². The molecular formula is C22H29NO3. The zero-order chi connectivity index (χ0) is 18.9. The van der Waals surface area contributed by atoms with Crippen LogP contribution in [-0.2, 0) is 0 Å². The van der Waals surface area contributed by atoms with E-state index in [1.807, 2.05) is 36.4 Å². The first-order valence-corrected chi connectivity index (χ1v) is 9.58. The van der Waals surface area contributed by atoms with E-state index in [1.165, 1.54) is 12.8 Å². The van der Waals surface area contributed by atoms with E-state index in [9.17, 15) is 10.1 Å². The minimum absolute atomic E-state index is 0.257. The molecule has 0 spiro atoms. The van der Waals surface area contributed by atoms with Crippen molar-refractivity contribution in [2.75, 3.05) is 0 Å². The molecule has 1 fully saturated rings. The van der Waals surface area contributed by atoms with Gasteiger partial charge in [-0.3, -0.25) is 10.1 Å². The molecule has 0 heterocycles. The van der Waals surface area contributed by atoms with Crippen molar-refractivity contribution < 1.29 is 9.66 Å². The van der Waals surface area contributed by atoms with Crippen LogP contribution < -0.4 is 4.74 Å². The first-order chi connectivity index (χ1) is 12.2. The minimum Gasteiger partial charge on any atom is -0.490 e. The fourth-order valence-corrected chi connectivity index (χ4v) is 3.94. The summed E-state index contributed by atoms with van der Waals surface area (Å²) in [4.78, 5) is 10.7. The summed E-state index contributed by atoms with van der Waals surface area (Å²) >= 11 is 0. The Bertz CT molecular complexity index is 786. The molecule has 26 heavy (non-hydrogen) atoms. The first kappa shape index (κ1) is 18.7. The largest absolute Gasteiger partial charge is 0.490 e. The second-order valence-corrected chi connectivity index (χ2v) is 8.69. The van der Waals surface area contributed by atoms with Gasteiger partial charge in [-0.25, -0.2) is 0 Å². The average molecular weight is 355 g/mol. The molecular weight excluding hydrogens is 326 g/mol. The average Bonchev–Trinajstić information content (AvgIpc) is 2.60. The number of nitro groups is 1. The van der Waals surface area contributed by atoms with Crippen LogP contribution in [0, 0.1) is 21.4 Å². The van der Waals surface area contributed by atoms with E-state index in [2.05, 4.69) is 20.8 Å². The highest BCUT2D eigenvalue weighted by molar-refractivity contribution is 5.84. The fraction of sp³-hybridized carbons (Fsp3) is 0.545. The van der Waals surface area contributed by atoms with E-state index in [-0.39, 0.29) is 4.92 Å². The van der Waals surface area contributed by atoms with Crippen LogP contribution in [0.15, 0.2) is 36.4 Å². The minimum atomic E-state index is -0.687.